The second kappa shape index (κ2) is 2.72. The Kier molecular flexibility index (Phi) is 1.90. The van der Waals surface area contributed by atoms with Crippen LogP contribution in [0.2, 0.25) is 0 Å². The van der Waals surface area contributed by atoms with Crippen molar-refractivity contribution in [3.8, 4) is 0 Å². The van der Waals surface area contributed by atoms with Crippen molar-refractivity contribution in [2.24, 2.45) is 11.8 Å². The van der Waals surface area contributed by atoms with Gasteiger partial charge in [-0.05, 0) is 0 Å². The standard InChI is InChI=1S/C7H10BO7P/c8-7-3(5(7)10)2-4(9)6(2,15-7)1-14-16(11,12)13/h2-5,9-10H,1H2,(H2,11,12,13)/t2?,3?,4-,5+,6?,7?/m1/s1. The highest BCUT2D eigenvalue weighted by molar-refractivity contribution is 7.46. The fraction of sp³-hybridized carbons (Fsp3) is 1.00. The second-order valence-corrected chi connectivity index (χ2v) is 5.86. The first-order valence-corrected chi connectivity index (χ1v) is 6.31. The molecule has 4 unspecified atom stereocenters. The highest BCUT2D eigenvalue weighted by Crippen LogP contribution is 2.72. The molecule has 7 nitrogen and oxygen atoms in total. The molecule has 0 bridgehead atoms. The van der Waals surface area contributed by atoms with Crippen molar-refractivity contribution >= 4 is 15.7 Å². The van der Waals surface area contributed by atoms with E-state index < -0.39 is 43.7 Å². The minimum Gasteiger partial charge on any atom is -0.391 e. The predicted molar refractivity (Wildman–Crippen MR) is 49.3 cm³/mol. The summed E-state index contributed by atoms with van der Waals surface area (Å²) >= 11 is 0. The van der Waals surface area contributed by atoms with Crippen LogP contribution in [0.15, 0.2) is 0 Å². The average Bonchev–Trinajstić information content (AvgIpc) is 2.83. The van der Waals surface area contributed by atoms with E-state index in [1.54, 1.807) is 0 Å². The minimum absolute atomic E-state index is 0.372. The minimum atomic E-state index is -4.60. The van der Waals surface area contributed by atoms with Gasteiger partial charge in [-0.3, -0.25) is 4.52 Å². The summed E-state index contributed by atoms with van der Waals surface area (Å²) in [5.74, 6) is -0.776. The summed E-state index contributed by atoms with van der Waals surface area (Å²) < 4.78 is 20.2. The van der Waals surface area contributed by atoms with Crippen molar-refractivity contribution in [3.05, 3.63) is 0 Å². The van der Waals surface area contributed by atoms with Crippen LogP contribution in [0.25, 0.3) is 0 Å². The summed E-state index contributed by atoms with van der Waals surface area (Å²) in [6.07, 6.45) is -1.71. The third-order valence-corrected chi connectivity index (χ3v) is 4.19. The lowest BCUT2D eigenvalue weighted by Gasteiger charge is -2.21. The van der Waals surface area contributed by atoms with Gasteiger partial charge < -0.3 is 24.7 Å². The van der Waals surface area contributed by atoms with Crippen LogP contribution in [0.3, 0.4) is 0 Å². The van der Waals surface area contributed by atoms with Gasteiger partial charge in [0.2, 0.25) is 0 Å². The zero-order valence-corrected chi connectivity index (χ0v) is 8.95. The molecule has 0 spiro atoms. The summed E-state index contributed by atoms with van der Waals surface area (Å²) in [4.78, 5) is 17.1. The van der Waals surface area contributed by atoms with Gasteiger partial charge in [0, 0.05) is 11.8 Å². The van der Waals surface area contributed by atoms with Crippen molar-refractivity contribution in [1.82, 2.24) is 0 Å². The third kappa shape index (κ3) is 1.18. The predicted octanol–water partition coefficient (Wildman–Crippen LogP) is -2.29. The summed E-state index contributed by atoms with van der Waals surface area (Å²) in [6, 6.07) is 0. The quantitative estimate of drug-likeness (QED) is 0.328. The number of rotatable bonds is 3. The number of phosphoric ester groups is 1. The van der Waals surface area contributed by atoms with E-state index in [1.165, 1.54) is 0 Å². The van der Waals surface area contributed by atoms with Crippen molar-refractivity contribution < 1.29 is 33.8 Å². The molecule has 2 aliphatic carbocycles. The molecular weight excluding hydrogens is 238 g/mol. The maximum absolute atomic E-state index is 10.5. The second-order valence-electron chi connectivity index (χ2n) is 4.62. The molecule has 2 saturated carbocycles. The van der Waals surface area contributed by atoms with E-state index in [2.05, 4.69) is 4.52 Å². The first-order valence-electron chi connectivity index (χ1n) is 4.78. The van der Waals surface area contributed by atoms with Gasteiger partial charge in [0.1, 0.15) is 13.4 Å². The van der Waals surface area contributed by atoms with Crippen molar-refractivity contribution in [2.75, 3.05) is 6.61 Å². The smallest absolute Gasteiger partial charge is 0.391 e. The molecular formula is C7H10BO7P. The highest BCUT2D eigenvalue weighted by atomic mass is 31.2. The lowest BCUT2D eigenvalue weighted by Crippen LogP contribution is -2.33. The lowest BCUT2D eigenvalue weighted by molar-refractivity contribution is -0.0644. The third-order valence-electron chi connectivity index (χ3n) is 3.72. The largest absolute Gasteiger partial charge is 0.469 e. The molecule has 1 aliphatic heterocycles. The Labute approximate surface area is 92.0 Å². The van der Waals surface area contributed by atoms with E-state index in [9.17, 15) is 14.8 Å². The van der Waals surface area contributed by atoms with Crippen molar-refractivity contribution in [2.45, 2.75) is 23.3 Å². The maximum atomic E-state index is 10.5. The summed E-state index contributed by atoms with van der Waals surface area (Å²) in [5.41, 5.74) is -2.33. The van der Waals surface area contributed by atoms with E-state index in [4.69, 9.17) is 22.4 Å². The first-order chi connectivity index (χ1) is 7.22. The van der Waals surface area contributed by atoms with Gasteiger partial charge in [0.05, 0.1) is 24.3 Å². The highest BCUT2D eigenvalue weighted by Gasteiger charge is 2.88. The van der Waals surface area contributed by atoms with E-state index in [0.717, 1.165) is 0 Å². The van der Waals surface area contributed by atoms with Gasteiger partial charge >= 0.3 is 7.82 Å². The van der Waals surface area contributed by atoms with Gasteiger partial charge in [-0.2, -0.15) is 0 Å². The zero-order valence-electron chi connectivity index (χ0n) is 8.05. The number of hydrogen-bond acceptors (Lipinski definition) is 5. The number of hydrogen-bond donors (Lipinski definition) is 4. The number of ether oxygens (including phenoxy) is 1. The van der Waals surface area contributed by atoms with Crippen LogP contribution in [0.4, 0.5) is 0 Å². The molecule has 0 aromatic heterocycles. The Bertz CT molecular complexity index is 398. The molecule has 0 amide bonds. The van der Waals surface area contributed by atoms with Crippen molar-refractivity contribution in [3.63, 3.8) is 0 Å². The van der Waals surface area contributed by atoms with Crippen LogP contribution in [-0.2, 0) is 13.8 Å². The van der Waals surface area contributed by atoms with Gasteiger partial charge in [0.15, 0.2) is 0 Å². The Morgan fingerprint density at radius 3 is 2.44 bits per heavy atom. The lowest BCUT2D eigenvalue weighted by atomic mass is 9.93. The van der Waals surface area contributed by atoms with E-state index in [1.807, 2.05) is 0 Å². The first kappa shape index (κ1) is 11.2. The van der Waals surface area contributed by atoms with Crippen LogP contribution < -0.4 is 0 Å². The SMILES string of the molecule is [B]C12OC3(COP(=O)(O)O)C(C1[C@@H]2O)[C@H]3O. The fourth-order valence-corrected chi connectivity index (χ4v) is 3.15. The molecule has 3 aliphatic rings. The van der Waals surface area contributed by atoms with Crippen LogP contribution in [-0.4, -0.2) is 57.8 Å². The van der Waals surface area contributed by atoms with Crippen LogP contribution >= 0.6 is 7.82 Å². The monoisotopic (exact) mass is 248 g/mol. The van der Waals surface area contributed by atoms with E-state index >= 15 is 0 Å². The van der Waals surface area contributed by atoms with Crippen molar-refractivity contribution in [1.29, 1.82) is 0 Å². The molecule has 1 saturated heterocycles. The van der Waals surface area contributed by atoms with Gasteiger partial charge in [-0.15, -0.1) is 0 Å². The topological polar surface area (TPSA) is 116 Å². The summed E-state index contributed by atoms with van der Waals surface area (Å²) in [6.45, 7) is -0.425. The van der Waals surface area contributed by atoms with E-state index in [-0.39, 0.29) is 5.92 Å². The van der Waals surface area contributed by atoms with Gasteiger partial charge in [-0.1, -0.05) is 0 Å². The van der Waals surface area contributed by atoms with Gasteiger partial charge in [0.25, 0.3) is 0 Å². The van der Waals surface area contributed by atoms with Crippen LogP contribution in [0.5, 0.6) is 0 Å². The molecule has 3 rings (SSSR count). The molecule has 3 fully saturated rings. The maximum Gasteiger partial charge on any atom is 0.469 e. The molecule has 0 aromatic carbocycles. The Morgan fingerprint density at radius 1 is 1.31 bits per heavy atom. The molecule has 16 heavy (non-hydrogen) atoms. The molecule has 0 aromatic rings. The number of aliphatic hydroxyl groups excluding tert-OH is 2. The summed E-state index contributed by atoms with van der Waals surface area (Å²) in [7, 11) is 1.07. The average molecular weight is 248 g/mol. The number of fused-ring (bicyclic) bond motifs is 3. The van der Waals surface area contributed by atoms with Crippen LogP contribution in [0.1, 0.15) is 0 Å². The normalized spacial score (nSPS) is 58.0. The zero-order chi connectivity index (χ0) is 11.9. The molecule has 6 atom stereocenters. The molecule has 1 heterocycles. The summed E-state index contributed by atoms with van der Waals surface area (Å²) in [5, 5.41) is 19.0. The molecule has 88 valence electrons. The molecule has 4 N–H and O–H groups in total. The van der Waals surface area contributed by atoms with E-state index in [0.29, 0.717) is 0 Å². The fourth-order valence-electron chi connectivity index (χ4n) is 2.78. The Morgan fingerprint density at radius 2 is 1.94 bits per heavy atom. The molecule has 2 radical (unpaired) electrons. The number of aliphatic hydroxyl groups is 2. The number of phosphoric acid groups is 1. The van der Waals surface area contributed by atoms with Gasteiger partial charge in [-0.25, -0.2) is 4.57 Å². The van der Waals surface area contributed by atoms with Crippen LogP contribution in [0, 0.1) is 11.8 Å². The Balaban J connectivity index is 1.72. The molecule has 9 heteroatoms. The Hall–Kier alpha value is 0.0549.